The third-order valence-electron chi connectivity index (χ3n) is 3.39. The summed E-state index contributed by atoms with van der Waals surface area (Å²) >= 11 is 6.05. The Bertz CT molecular complexity index is 566. The van der Waals surface area contributed by atoms with Gasteiger partial charge in [-0.1, -0.05) is 60.5 Å². The van der Waals surface area contributed by atoms with Crippen molar-refractivity contribution >= 4 is 11.6 Å². The van der Waals surface area contributed by atoms with Gasteiger partial charge in [-0.05, 0) is 37.1 Å². The number of hydrogen-bond donors (Lipinski definition) is 1. The van der Waals surface area contributed by atoms with Crippen molar-refractivity contribution in [2.75, 3.05) is 6.54 Å². The Balaban J connectivity index is 2.25. The Labute approximate surface area is 124 Å². The van der Waals surface area contributed by atoms with Crippen LogP contribution in [0.5, 0.6) is 0 Å². The van der Waals surface area contributed by atoms with Crippen LogP contribution in [0.15, 0.2) is 42.5 Å². The Morgan fingerprint density at radius 2 is 1.85 bits per heavy atom. The summed E-state index contributed by atoms with van der Waals surface area (Å²) in [5.74, 6) is -0.358. The van der Waals surface area contributed by atoms with Gasteiger partial charge in [0.2, 0.25) is 0 Å². The molecule has 0 saturated heterocycles. The molecule has 2 aromatic rings. The largest absolute Gasteiger partial charge is 0.310 e. The van der Waals surface area contributed by atoms with E-state index in [0.29, 0.717) is 6.42 Å². The second kappa shape index (κ2) is 6.87. The van der Waals surface area contributed by atoms with E-state index in [1.54, 1.807) is 6.07 Å². The smallest absolute Gasteiger partial charge is 0.142 e. The topological polar surface area (TPSA) is 12.0 Å². The quantitative estimate of drug-likeness (QED) is 0.843. The molecule has 2 rings (SSSR count). The van der Waals surface area contributed by atoms with E-state index in [4.69, 9.17) is 11.6 Å². The number of nitrogens with one attached hydrogen (secondary N) is 1. The average molecular weight is 292 g/mol. The lowest BCUT2D eigenvalue weighted by Crippen LogP contribution is -2.23. The lowest BCUT2D eigenvalue weighted by Gasteiger charge is -2.19. The first-order valence-electron chi connectivity index (χ1n) is 6.84. The van der Waals surface area contributed by atoms with Gasteiger partial charge < -0.3 is 5.32 Å². The summed E-state index contributed by atoms with van der Waals surface area (Å²) in [6.07, 6.45) is 0.674. The Morgan fingerprint density at radius 3 is 2.50 bits per heavy atom. The van der Waals surface area contributed by atoms with Crippen LogP contribution in [0.25, 0.3) is 0 Å². The predicted octanol–water partition coefficient (Wildman–Crippen LogP) is 4.68. The van der Waals surface area contributed by atoms with Crippen LogP contribution in [0.1, 0.15) is 29.7 Å². The molecular formula is C17H19ClFN. The van der Waals surface area contributed by atoms with Crippen LogP contribution in [0.4, 0.5) is 4.39 Å². The van der Waals surface area contributed by atoms with E-state index < -0.39 is 0 Å². The molecule has 0 amide bonds. The summed E-state index contributed by atoms with van der Waals surface area (Å²) in [7, 11) is 0. The van der Waals surface area contributed by atoms with Crippen molar-refractivity contribution in [2.45, 2.75) is 26.3 Å². The second-order valence-corrected chi connectivity index (χ2v) is 5.32. The normalized spacial score (nSPS) is 12.4. The fourth-order valence-electron chi connectivity index (χ4n) is 2.28. The zero-order valence-corrected chi connectivity index (χ0v) is 12.5. The number of likely N-dealkylation sites (N-methyl/N-ethyl adjacent to an activating group) is 1. The van der Waals surface area contributed by atoms with Gasteiger partial charge in [-0.3, -0.25) is 0 Å². The van der Waals surface area contributed by atoms with Crippen molar-refractivity contribution in [3.8, 4) is 0 Å². The van der Waals surface area contributed by atoms with Gasteiger partial charge >= 0.3 is 0 Å². The molecule has 0 fully saturated rings. The van der Waals surface area contributed by atoms with Crippen molar-refractivity contribution in [1.29, 1.82) is 0 Å². The van der Waals surface area contributed by atoms with E-state index in [2.05, 4.69) is 43.4 Å². The minimum absolute atomic E-state index is 0.139. The Hall–Kier alpha value is -1.38. The molecule has 2 aromatic carbocycles. The van der Waals surface area contributed by atoms with Gasteiger partial charge in [0.05, 0.1) is 5.02 Å². The molecule has 20 heavy (non-hydrogen) atoms. The SMILES string of the molecule is CCNC(Cc1cccc(F)c1Cl)c1ccc(C)cc1. The van der Waals surface area contributed by atoms with E-state index in [1.807, 2.05) is 6.07 Å². The molecule has 0 heterocycles. The summed E-state index contributed by atoms with van der Waals surface area (Å²) in [5, 5.41) is 3.66. The van der Waals surface area contributed by atoms with Crippen LogP contribution < -0.4 is 5.32 Å². The zero-order valence-electron chi connectivity index (χ0n) is 11.8. The highest BCUT2D eigenvalue weighted by molar-refractivity contribution is 6.31. The molecule has 0 aromatic heterocycles. The lowest BCUT2D eigenvalue weighted by atomic mass is 9.98. The highest BCUT2D eigenvalue weighted by atomic mass is 35.5. The minimum atomic E-state index is -0.358. The van der Waals surface area contributed by atoms with Gasteiger partial charge in [-0.25, -0.2) is 4.39 Å². The van der Waals surface area contributed by atoms with Gasteiger partial charge in [-0.2, -0.15) is 0 Å². The van der Waals surface area contributed by atoms with Gasteiger partial charge in [0, 0.05) is 6.04 Å². The lowest BCUT2D eigenvalue weighted by molar-refractivity contribution is 0.547. The summed E-state index contributed by atoms with van der Waals surface area (Å²) in [5.41, 5.74) is 3.25. The Kier molecular flexibility index (Phi) is 5.16. The number of halogens is 2. The molecule has 0 aliphatic heterocycles. The second-order valence-electron chi connectivity index (χ2n) is 4.94. The van der Waals surface area contributed by atoms with E-state index in [0.717, 1.165) is 12.1 Å². The third-order valence-corrected chi connectivity index (χ3v) is 3.81. The van der Waals surface area contributed by atoms with Crippen LogP contribution in [0, 0.1) is 12.7 Å². The third kappa shape index (κ3) is 3.59. The van der Waals surface area contributed by atoms with Gasteiger partial charge in [0.1, 0.15) is 5.82 Å². The molecule has 0 saturated carbocycles. The number of aryl methyl sites for hydroxylation is 1. The van der Waals surface area contributed by atoms with Crippen LogP contribution in [0.3, 0.4) is 0 Å². The Morgan fingerprint density at radius 1 is 1.15 bits per heavy atom. The highest BCUT2D eigenvalue weighted by Gasteiger charge is 2.14. The molecule has 0 spiro atoms. The maximum Gasteiger partial charge on any atom is 0.142 e. The van der Waals surface area contributed by atoms with Crippen molar-refractivity contribution in [2.24, 2.45) is 0 Å². The first-order valence-corrected chi connectivity index (χ1v) is 7.22. The maximum absolute atomic E-state index is 13.5. The number of benzene rings is 2. The van der Waals surface area contributed by atoms with Gasteiger partial charge in [-0.15, -0.1) is 0 Å². The molecule has 1 N–H and O–H groups in total. The summed E-state index contributed by atoms with van der Waals surface area (Å²) < 4.78 is 13.5. The molecule has 1 unspecified atom stereocenters. The first kappa shape index (κ1) is 15.0. The van der Waals surface area contributed by atoms with Crippen molar-refractivity contribution < 1.29 is 4.39 Å². The van der Waals surface area contributed by atoms with E-state index >= 15 is 0 Å². The van der Waals surface area contributed by atoms with Gasteiger partial charge in [0.15, 0.2) is 0 Å². The molecule has 106 valence electrons. The summed E-state index contributed by atoms with van der Waals surface area (Å²) in [6.45, 7) is 4.98. The van der Waals surface area contributed by atoms with Crippen molar-refractivity contribution in [3.63, 3.8) is 0 Å². The molecule has 0 aliphatic rings. The zero-order chi connectivity index (χ0) is 14.5. The van der Waals surface area contributed by atoms with E-state index in [-0.39, 0.29) is 16.9 Å². The first-order chi connectivity index (χ1) is 9.61. The predicted molar refractivity (Wildman–Crippen MR) is 82.7 cm³/mol. The number of rotatable bonds is 5. The maximum atomic E-state index is 13.5. The average Bonchev–Trinajstić information content (AvgIpc) is 2.44. The van der Waals surface area contributed by atoms with Crippen LogP contribution >= 0.6 is 11.6 Å². The molecule has 3 heteroatoms. The van der Waals surface area contributed by atoms with Crippen LogP contribution in [-0.4, -0.2) is 6.54 Å². The molecule has 1 nitrogen and oxygen atoms in total. The monoisotopic (exact) mass is 291 g/mol. The summed E-state index contributed by atoms with van der Waals surface area (Å²) in [6, 6.07) is 13.5. The number of hydrogen-bond acceptors (Lipinski definition) is 1. The van der Waals surface area contributed by atoms with Crippen molar-refractivity contribution in [1.82, 2.24) is 5.32 Å². The molecule has 0 radical (unpaired) electrons. The van der Waals surface area contributed by atoms with Crippen LogP contribution in [0.2, 0.25) is 5.02 Å². The molecule has 1 atom stereocenters. The fraction of sp³-hybridized carbons (Fsp3) is 0.294. The highest BCUT2D eigenvalue weighted by Crippen LogP contribution is 2.25. The molecule has 0 bridgehead atoms. The van der Waals surface area contributed by atoms with Gasteiger partial charge in [0.25, 0.3) is 0 Å². The standard InChI is InChI=1S/C17H19ClFN/c1-3-20-16(13-9-7-12(2)8-10-13)11-14-5-4-6-15(19)17(14)18/h4-10,16,20H,3,11H2,1-2H3. The fourth-order valence-corrected chi connectivity index (χ4v) is 2.48. The van der Waals surface area contributed by atoms with Crippen LogP contribution in [-0.2, 0) is 6.42 Å². The minimum Gasteiger partial charge on any atom is -0.310 e. The van der Waals surface area contributed by atoms with E-state index in [1.165, 1.54) is 17.2 Å². The summed E-state index contributed by atoms with van der Waals surface area (Å²) in [4.78, 5) is 0. The van der Waals surface area contributed by atoms with E-state index in [9.17, 15) is 4.39 Å². The molecular weight excluding hydrogens is 273 g/mol. The molecule has 0 aliphatic carbocycles. The van der Waals surface area contributed by atoms with Crippen molar-refractivity contribution in [3.05, 3.63) is 70.0 Å².